The molecular weight excluding hydrogens is 336 g/mol. The zero-order valence-electron chi connectivity index (χ0n) is 16.0. The second kappa shape index (κ2) is 7.20. The molecule has 0 unspecified atom stereocenters. The Bertz CT molecular complexity index is 972. The number of aromatic amines is 1. The SMILES string of the molecule is Cc1cc(C)c2[nH]ccc2c1CN1CCCC[C@@H]1c1ccc(C(=O)O)cc1. The maximum absolute atomic E-state index is 11.1. The Hall–Kier alpha value is -2.59. The van der Waals surface area contributed by atoms with Crippen molar-refractivity contribution in [2.24, 2.45) is 0 Å². The fourth-order valence-electron chi connectivity index (χ4n) is 4.46. The summed E-state index contributed by atoms with van der Waals surface area (Å²) in [6, 6.07) is 12.2. The van der Waals surface area contributed by atoms with Crippen LogP contribution >= 0.6 is 0 Å². The van der Waals surface area contributed by atoms with E-state index in [0.717, 1.165) is 19.5 Å². The first-order chi connectivity index (χ1) is 13.0. The van der Waals surface area contributed by atoms with Crippen molar-refractivity contribution >= 4 is 16.9 Å². The molecule has 1 aromatic heterocycles. The van der Waals surface area contributed by atoms with E-state index >= 15 is 0 Å². The predicted octanol–water partition coefficient (Wildman–Crippen LogP) is 5.21. The van der Waals surface area contributed by atoms with Gasteiger partial charge < -0.3 is 10.1 Å². The van der Waals surface area contributed by atoms with Gasteiger partial charge in [-0.2, -0.15) is 0 Å². The minimum Gasteiger partial charge on any atom is -0.478 e. The molecule has 0 aliphatic carbocycles. The van der Waals surface area contributed by atoms with Crippen molar-refractivity contribution in [1.29, 1.82) is 0 Å². The van der Waals surface area contributed by atoms with Gasteiger partial charge in [-0.3, -0.25) is 4.90 Å². The highest BCUT2D eigenvalue weighted by Crippen LogP contribution is 2.34. The van der Waals surface area contributed by atoms with Crippen molar-refractivity contribution in [2.45, 2.75) is 45.7 Å². The smallest absolute Gasteiger partial charge is 0.335 e. The lowest BCUT2D eigenvalue weighted by molar-refractivity contribution is 0.0696. The van der Waals surface area contributed by atoms with E-state index in [1.54, 1.807) is 12.1 Å². The van der Waals surface area contributed by atoms with Gasteiger partial charge in [0.1, 0.15) is 0 Å². The normalized spacial score (nSPS) is 18.1. The van der Waals surface area contributed by atoms with Gasteiger partial charge in [-0.1, -0.05) is 24.6 Å². The highest BCUT2D eigenvalue weighted by molar-refractivity contribution is 5.88. The molecule has 0 bridgehead atoms. The number of H-pyrrole nitrogens is 1. The van der Waals surface area contributed by atoms with Crippen LogP contribution < -0.4 is 0 Å². The number of likely N-dealkylation sites (tertiary alicyclic amines) is 1. The van der Waals surface area contributed by atoms with Crippen molar-refractivity contribution in [3.63, 3.8) is 0 Å². The number of carboxylic acids is 1. The van der Waals surface area contributed by atoms with Gasteiger partial charge in [-0.25, -0.2) is 4.79 Å². The Morgan fingerprint density at radius 3 is 2.67 bits per heavy atom. The Morgan fingerprint density at radius 2 is 1.93 bits per heavy atom. The number of piperidine rings is 1. The topological polar surface area (TPSA) is 56.3 Å². The first-order valence-corrected chi connectivity index (χ1v) is 9.68. The molecule has 1 fully saturated rings. The molecule has 140 valence electrons. The molecule has 0 spiro atoms. The molecule has 4 nitrogen and oxygen atoms in total. The third kappa shape index (κ3) is 3.37. The van der Waals surface area contributed by atoms with E-state index in [-0.39, 0.29) is 0 Å². The number of benzene rings is 2. The standard InChI is InChI=1S/C23H26N2O2/c1-15-13-16(2)22-19(10-11-24-22)20(15)14-25-12-4-3-5-21(25)17-6-8-18(9-7-17)23(26)27/h6-11,13,21,24H,3-5,12,14H2,1-2H3,(H,26,27)/t21-/m1/s1. The summed E-state index contributed by atoms with van der Waals surface area (Å²) in [5.41, 5.74) is 6.82. The monoisotopic (exact) mass is 362 g/mol. The molecule has 1 atom stereocenters. The quantitative estimate of drug-likeness (QED) is 0.670. The molecule has 4 heteroatoms. The van der Waals surface area contributed by atoms with E-state index < -0.39 is 5.97 Å². The third-order valence-corrected chi connectivity index (χ3v) is 5.89. The minimum atomic E-state index is -0.868. The van der Waals surface area contributed by atoms with Crippen LogP contribution in [0.25, 0.3) is 10.9 Å². The van der Waals surface area contributed by atoms with Gasteiger partial charge in [-0.15, -0.1) is 0 Å². The van der Waals surface area contributed by atoms with E-state index in [4.69, 9.17) is 5.11 Å². The van der Waals surface area contributed by atoms with Crippen LogP contribution in [-0.4, -0.2) is 27.5 Å². The lowest BCUT2D eigenvalue weighted by Gasteiger charge is -2.36. The van der Waals surface area contributed by atoms with Gasteiger partial charge in [0, 0.05) is 29.7 Å². The Kier molecular flexibility index (Phi) is 4.75. The number of hydrogen-bond acceptors (Lipinski definition) is 2. The van der Waals surface area contributed by atoms with Crippen LogP contribution in [-0.2, 0) is 6.54 Å². The predicted molar refractivity (Wildman–Crippen MR) is 108 cm³/mol. The molecule has 2 aromatic carbocycles. The number of aromatic carboxylic acids is 1. The Balaban J connectivity index is 1.66. The summed E-state index contributed by atoms with van der Waals surface area (Å²) in [6.45, 7) is 6.36. The average Bonchev–Trinajstić information content (AvgIpc) is 3.16. The molecule has 1 aliphatic heterocycles. The Morgan fingerprint density at radius 1 is 1.15 bits per heavy atom. The second-order valence-corrected chi connectivity index (χ2v) is 7.66. The highest BCUT2D eigenvalue weighted by Gasteiger charge is 2.25. The van der Waals surface area contributed by atoms with Crippen LogP contribution in [0, 0.1) is 13.8 Å². The van der Waals surface area contributed by atoms with Crippen molar-refractivity contribution in [1.82, 2.24) is 9.88 Å². The summed E-state index contributed by atoms with van der Waals surface area (Å²) in [4.78, 5) is 17.1. The zero-order chi connectivity index (χ0) is 19.0. The molecule has 27 heavy (non-hydrogen) atoms. The molecule has 0 amide bonds. The average molecular weight is 362 g/mol. The zero-order valence-corrected chi connectivity index (χ0v) is 16.0. The number of nitrogens with zero attached hydrogens (tertiary/aromatic N) is 1. The molecule has 4 rings (SSSR count). The van der Waals surface area contributed by atoms with Crippen molar-refractivity contribution in [2.75, 3.05) is 6.54 Å². The van der Waals surface area contributed by atoms with Gasteiger partial charge in [0.25, 0.3) is 0 Å². The number of rotatable bonds is 4. The molecule has 1 aliphatic rings. The van der Waals surface area contributed by atoms with Gasteiger partial charge in [0.05, 0.1) is 5.56 Å². The number of carboxylic acid groups (broad SMARTS) is 1. The van der Waals surface area contributed by atoms with E-state index in [1.807, 2.05) is 18.3 Å². The van der Waals surface area contributed by atoms with Crippen molar-refractivity contribution in [3.05, 3.63) is 70.4 Å². The summed E-state index contributed by atoms with van der Waals surface area (Å²) in [5.74, 6) is -0.868. The first kappa shape index (κ1) is 17.8. The van der Waals surface area contributed by atoms with Crippen LogP contribution in [0.3, 0.4) is 0 Å². The van der Waals surface area contributed by atoms with E-state index in [2.05, 4.69) is 35.9 Å². The minimum absolute atomic E-state index is 0.344. The van der Waals surface area contributed by atoms with Crippen molar-refractivity contribution < 1.29 is 9.90 Å². The molecule has 1 saturated heterocycles. The van der Waals surface area contributed by atoms with Crippen LogP contribution in [0.5, 0.6) is 0 Å². The second-order valence-electron chi connectivity index (χ2n) is 7.66. The number of aromatic nitrogens is 1. The van der Waals surface area contributed by atoms with E-state index in [0.29, 0.717) is 11.6 Å². The van der Waals surface area contributed by atoms with E-state index in [1.165, 1.54) is 46.0 Å². The summed E-state index contributed by atoms with van der Waals surface area (Å²) in [6.07, 6.45) is 5.58. The summed E-state index contributed by atoms with van der Waals surface area (Å²) in [5, 5.41) is 10.5. The van der Waals surface area contributed by atoms with Crippen LogP contribution in [0.1, 0.15) is 57.9 Å². The maximum Gasteiger partial charge on any atom is 0.335 e. The van der Waals surface area contributed by atoms with Crippen LogP contribution in [0.2, 0.25) is 0 Å². The molecule has 0 saturated carbocycles. The highest BCUT2D eigenvalue weighted by atomic mass is 16.4. The third-order valence-electron chi connectivity index (χ3n) is 5.89. The van der Waals surface area contributed by atoms with Gasteiger partial charge in [0.15, 0.2) is 0 Å². The lowest BCUT2D eigenvalue weighted by atomic mass is 9.92. The molecule has 2 N–H and O–H groups in total. The number of nitrogens with one attached hydrogen (secondary N) is 1. The van der Waals surface area contributed by atoms with Crippen LogP contribution in [0.4, 0.5) is 0 Å². The molecular formula is C23H26N2O2. The largest absolute Gasteiger partial charge is 0.478 e. The summed E-state index contributed by atoms with van der Waals surface area (Å²) in [7, 11) is 0. The number of aryl methyl sites for hydroxylation is 2. The van der Waals surface area contributed by atoms with Gasteiger partial charge in [-0.05, 0) is 73.7 Å². The lowest BCUT2D eigenvalue weighted by Crippen LogP contribution is -2.33. The van der Waals surface area contributed by atoms with Gasteiger partial charge in [0.2, 0.25) is 0 Å². The van der Waals surface area contributed by atoms with Gasteiger partial charge >= 0.3 is 5.97 Å². The van der Waals surface area contributed by atoms with E-state index in [9.17, 15) is 4.79 Å². The molecule has 3 aromatic rings. The fraction of sp³-hybridized carbons (Fsp3) is 0.348. The first-order valence-electron chi connectivity index (χ1n) is 9.68. The molecule has 0 radical (unpaired) electrons. The fourth-order valence-corrected chi connectivity index (χ4v) is 4.46. The van der Waals surface area contributed by atoms with Crippen molar-refractivity contribution in [3.8, 4) is 0 Å². The maximum atomic E-state index is 11.1. The van der Waals surface area contributed by atoms with Crippen LogP contribution in [0.15, 0.2) is 42.6 Å². The summed E-state index contributed by atoms with van der Waals surface area (Å²) >= 11 is 0. The Labute approximate surface area is 159 Å². The number of hydrogen-bond donors (Lipinski definition) is 2. The number of carbonyl (C=O) groups is 1. The molecule has 2 heterocycles. The number of fused-ring (bicyclic) bond motifs is 1. The summed E-state index contributed by atoms with van der Waals surface area (Å²) < 4.78 is 0.